The number of aliphatic imine (C=N–C) groups is 1. The molecular formula is C26H25ClFN3O4S. The lowest BCUT2D eigenvalue weighted by atomic mass is 9.93. The Morgan fingerprint density at radius 1 is 1.17 bits per heavy atom. The van der Waals surface area contributed by atoms with Gasteiger partial charge < -0.3 is 19.7 Å². The van der Waals surface area contributed by atoms with E-state index in [-0.39, 0.29) is 37.9 Å². The number of carbonyl (C=O) groups excluding carboxylic acids is 2. The number of amidine groups is 1. The lowest BCUT2D eigenvalue weighted by Crippen LogP contribution is -2.38. The van der Waals surface area contributed by atoms with Gasteiger partial charge in [-0.25, -0.2) is 14.2 Å². The molecule has 2 heterocycles. The van der Waals surface area contributed by atoms with Gasteiger partial charge in [0.15, 0.2) is 5.17 Å². The molecule has 0 fully saturated rings. The number of thioether (sulfide) groups is 1. The maximum Gasteiger partial charge on any atom is 0.338 e. The number of nitrogens with zero attached hydrogens (tertiary/aromatic N) is 2. The summed E-state index contributed by atoms with van der Waals surface area (Å²) in [6.45, 7) is 2.39. The molecule has 0 aliphatic carbocycles. The van der Waals surface area contributed by atoms with Gasteiger partial charge in [-0.3, -0.25) is 4.79 Å². The average molecular weight is 530 g/mol. The summed E-state index contributed by atoms with van der Waals surface area (Å²) in [4.78, 5) is 32.5. The Kier molecular flexibility index (Phi) is 8.45. The van der Waals surface area contributed by atoms with Gasteiger partial charge in [-0.2, -0.15) is 0 Å². The molecule has 2 aliphatic heterocycles. The van der Waals surface area contributed by atoms with Crippen molar-refractivity contribution in [2.24, 2.45) is 4.99 Å². The van der Waals surface area contributed by atoms with E-state index in [1.807, 2.05) is 28.5 Å². The maximum absolute atomic E-state index is 13.2. The molecule has 4 rings (SSSR count). The van der Waals surface area contributed by atoms with Crippen molar-refractivity contribution in [3.05, 3.63) is 92.9 Å². The van der Waals surface area contributed by atoms with Gasteiger partial charge in [0, 0.05) is 24.4 Å². The highest BCUT2D eigenvalue weighted by Crippen LogP contribution is 2.46. The Morgan fingerprint density at radius 3 is 2.64 bits per heavy atom. The summed E-state index contributed by atoms with van der Waals surface area (Å²) < 4.78 is 23.6. The van der Waals surface area contributed by atoms with Gasteiger partial charge in [0.1, 0.15) is 12.4 Å². The molecule has 0 spiro atoms. The number of hydrogen-bond acceptors (Lipinski definition) is 7. The predicted molar refractivity (Wildman–Crippen MR) is 138 cm³/mol. The molecule has 1 N–H and O–H groups in total. The summed E-state index contributed by atoms with van der Waals surface area (Å²) in [7, 11) is 1.53. The Bertz CT molecular complexity index is 1250. The normalized spacial score (nSPS) is 16.9. The van der Waals surface area contributed by atoms with Crippen LogP contribution in [0.1, 0.15) is 30.5 Å². The monoisotopic (exact) mass is 529 g/mol. The second kappa shape index (κ2) is 11.7. The van der Waals surface area contributed by atoms with Crippen LogP contribution in [0, 0.1) is 5.82 Å². The van der Waals surface area contributed by atoms with E-state index in [9.17, 15) is 14.0 Å². The second-order valence-corrected chi connectivity index (χ2v) is 9.37. The van der Waals surface area contributed by atoms with Crippen molar-refractivity contribution in [1.29, 1.82) is 0 Å². The van der Waals surface area contributed by atoms with Crippen LogP contribution in [0.2, 0.25) is 5.02 Å². The highest BCUT2D eigenvalue weighted by atomic mass is 35.5. The van der Waals surface area contributed by atoms with Crippen LogP contribution < -0.4 is 5.32 Å². The Labute approximate surface area is 218 Å². The zero-order chi connectivity index (χ0) is 25.7. The highest BCUT2D eigenvalue weighted by Gasteiger charge is 2.41. The van der Waals surface area contributed by atoms with E-state index in [4.69, 9.17) is 21.1 Å². The van der Waals surface area contributed by atoms with E-state index in [0.717, 1.165) is 5.56 Å². The number of hydrogen-bond donors (Lipinski definition) is 1. The molecule has 10 heteroatoms. The first-order valence-corrected chi connectivity index (χ1v) is 12.5. The molecule has 36 heavy (non-hydrogen) atoms. The van der Waals surface area contributed by atoms with Crippen LogP contribution in [0.15, 0.2) is 75.9 Å². The lowest BCUT2D eigenvalue weighted by molar-refractivity contribution is -0.141. The predicted octanol–water partition coefficient (Wildman–Crippen LogP) is 4.95. The molecule has 0 radical (unpaired) electrons. The third kappa shape index (κ3) is 5.80. The number of allylic oxidation sites excluding steroid dienone is 1. The molecule has 188 valence electrons. The van der Waals surface area contributed by atoms with Crippen LogP contribution in [0.5, 0.6) is 0 Å². The van der Waals surface area contributed by atoms with Crippen LogP contribution in [-0.2, 0) is 25.6 Å². The van der Waals surface area contributed by atoms with Crippen LogP contribution >= 0.6 is 23.4 Å². The van der Waals surface area contributed by atoms with Gasteiger partial charge >= 0.3 is 5.97 Å². The molecule has 1 unspecified atom stereocenters. The van der Waals surface area contributed by atoms with Crippen LogP contribution in [0.4, 0.5) is 4.39 Å². The Morgan fingerprint density at radius 2 is 1.92 bits per heavy atom. The summed E-state index contributed by atoms with van der Waals surface area (Å²) in [6.07, 6.45) is 0.0548. The molecule has 0 bridgehead atoms. The van der Waals surface area contributed by atoms with Crippen molar-refractivity contribution >= 4 is 40.4 Å². The summed E-state index contributed by atoms with van der Waals surface area (Å²) in [6, 6.07) is 12.6. The molecule has 2 aromatic carbocycles. The van der Waals surface area contributed by atoms with Gasteiger partial charge in [-0.05, 0) is 41.7 Å². The smallest absolute Gasteiger partial charge is 0.338 e. The molecule has 7 nitrogen and oxygen atoms in total. The van der Waals surface area contributed by atoms with Crippen LogP contribution in [-0.4, -0.2) is 42.3 Å². The zero-order valence-electron chi connectivity index (χ0n) is 19.8. The molecular weight excluding hydrogens is 505 g/mol. The van der Waals surface area contributed by atoms with E-state index < -0.39 is 12.0 Å². The fraction of sp³-hybridized carbons (Fsp3) is 0.269. The SMILES string of the molecule is COCCOC(=O)C1=C(C)N=C2SC=C(CC(=O)NCc3ccc(F)cc3)N2C1c1ccccc1Cl. The molecule has 1 atom stereocenters. The highest BCUT2D eigenvalue weighted by molar-refractivity contribution is 8.16. The van der Waals surface area contributed by atoms with E-state index in [1.165, 1.54) is 31.0 Å². The standard InChI is InChI=1S/C26H25ClFN3O4S/c1-16-23(25(33)35-12-11-34-2)24(20-5-3-4-6-21(20)27)31-19(15-36-26(31)30-16)13-22(32)29-14-17-7-9-18(28)10-8-17/h3-10,15,24H,11-14H2,1-2H3,(H,29,32). The summed E-state index contributed by atoms with van der Waals surface area (Å²) in [5.41, 5.74) is 3.03. The fourth-order valence-corrected chi connectivity index (χ4v) is 5.15. The first-order valence-electron chi connectivity index (χ1n) is 11.2. The van der Waals surface area contributed by atoms with Crippen molar-refractivity contribution in [2.45, 2.75) is 25.9 Å². The van der Waals surface area contributed by atoms with E-state index in [0.29, 0.717) is 32.7 Å². The summed E-state index contributed by atoms with van der Waals surface area (Å²) in [5, 5.41) is 5.84. The largest absolute Gasteiger partial charge is 0.460 e. The zero-order valence-corrected chi connectivity index (χ0v) is 21.4. The summed E-state index contributed by atoms with van der Waals surface area (Å²) >= 11 is 7.96. The number of carbonyl (C=O) groups is 2. The molecule has 0 aromatic heterocycles. The molecule has 2 aromatic rings. The van der Waals surface area contributed by atoms with E-state index in [1.54, 1.807) is 25.1 Å². The number of benzene rings is 2. The van der Waals surface area contributed by atoms with Crippen molar-refractivity contribution < 1.29 is 23.5 Å². The number of methoxy groups -OCH3 is 1. The van der Waals surface area contributed by atoms with Gasteiger partial charge in [-0.15, -0.1) is 0 Å². The van der Waals surface area contributed by atoms with Gasteiger partial charge in [0.25, 0.3) is 0 Å². The van der Waals surface area contributed by atoms with Crippen LogP contribution in [0.3, 0.4) is 0 Å². The maximum atomic E-state index is 13.2. The van der Waals surface area contributed by atoms with Gasteiger partial charge in [0.2, 0.25) is 5.91 Å². The quantitative estimate of drug-likeness (QED) is 0.366. The Hall–Kier alpha value is -3.14. The minimum atomic E-state index is -0.618. The molecule has 0 saturated carbocycles. The van der Waals surface area contributed by atoms with E-state index in [2.05, 4.69) is 10.3 Å². The van der Waals surface area contributed by atoms with Crippen molar-refractivity contribution in [1.82, 2.24) is 10.2 Å². The number of esters is 1. The summed E-state index contributed by atoms with van der Waals surface area (Å²) in [5.74, 6) is -1.07. The minimum Gasteiger partial charge on any atom is -0.460 e. The topological polar surface area (TPSA) is 80.2 Å². The molecule has 0 saturated heterocycles. The van der Waals surface area contributed by atoms with E-state index >= 15 is 0 Å². The third-order valence-corrected chi connectivity index (χ3v) is 6.92. The number of halogens is 2. The molecule has 2 aliphatic rings. The fourth-order valence-electron chi connectivity index (χ4n) is 3.95. The second-order valence-electron chi connectivity index (χ2n) is 8.12. The molecule has 1 amide bonds. The first-order chi connectivity index (χ1) is 17.4. The van der Waals surface area contributed by atoms with Crippen molar-refractivity contribution in [2.75, 3.05) is 20.3 Å². The minimum absolute atomic E-state index is 0.0548. The third-order valence-electron chi connectivity index (χ3n) is 5.69. The van der Waals surface area contributed by atoms with Gasteiger partial charge in [-0.1, -0.05) is 53.7 Å². The number of rotatable bonds is 9. The van der Waals surface area contributed by atoms with Crippen LogP contribution in [0.25, 0.3) is 0 Å². The first kappa shape index (κ1) is 25.9. The number of amides is 1. The number of fused-ring (bicyclic) bond motifs is 1. The number of ether oxygens (including phenoxy) is 2. The van der Waals surface area contributed by atoms with Crippen molar-refractivity contribution in [3.8, 4) is 0 Å². The lowest BCUT2D eigenvalue weighted by Gasteiger charge is -2.36. The number of nitrogens with one attached hydrogen (secondary N) is 1. The van der Waals surface area contributed by atoms with Gasteiger partial charge in [0.05, 0.1) is 30.3 Å². The Balaban J connectivity index is 1.58. The van der Waals surface area contributed by atoms with Crippen molar-refractivity contribution in [3.63, 3.8) is 0 Å². The average Bonchev–Trinajstić information content (AvgIpc) is 3.25.